The van der Waals surface area contributed by atoms with Gasteiger partial charge in [0.15, 0.2) is 5.16 Å². The molecule has 2 heterocycles. The predicted octanol–water partition coefficient (Wildman–Crippen LogP) is 2.48. The Labute approximate surface area is 143 Å². The van der Waals surface area contributed by atoms with E-state index in [9.17, 15) is 13.6 Å². The van der Waals surface area contributed by atoms with Crippen molar-refractivity contribution < 1.29 is 18.3 Å². The lowest BCUT2D eigenvalue weighted by molar-refractivity contribution is -0.141. The molecular formula is C16H19F2N3O2S. The maximum atomic E-state index is 14.1. The molecule has 1 saturated carbocycles. The highest BCUT2D eigenvalue weighted by Gasteiger charge is 2.57. The van der Waals surface area contributed by atoms with Crippen molar-refractivity contribution in [3.8, 4) is 0 Å². The van der Waals surface area contributed by atoms with Crippen LogP contribution in [0.2, 0.25) is 0 Å². The highest BCUT2D eigenvalue weighted by molar-refractivity contribution is 7.98. The number of anilines is 1. The molecule has 3 atom stereocenters. The predicted molar refractivity (Wildman–Crippen MR) is 85.3 cm³/mol. The Balaban J connectivity index is 1.55. The quantitative estimate of drug-likeness (QED) is 0.470. The van der Waals surface area contributed by atoms with Crippen LogP contribution in [0.25, 0.3) is 0 Å². The Hall–Kier alpha value is -1.44. The molecule has 0 spiro atoms. The van der Waals surface area contributed by atoms with Gasteiger partial charge in [0.25, 0.3) is 5.92 Å². The molecule has 4 rings (SSSR count). The first-order valence-electron chi connectivity index (χ1n) is 8.09. The number of aromatic nitrogens is 2. The molecule has 0 amide bonds. The highest BCUT2D eigenvalue weighted by atomic mass is 32.2. The summed E-state index contributed by atoms with van der Waals surface area (Å²) < 4.78 is 32.9. The van der Waals surface area contributed by atoms with Gasteiger partial charge in [-0.25, -0.2) is 9.97 Å². The summed E-state index contributed by atoms with van der Waals surface area (Å²) in [5.74, 6) is -1.11. The Morgan fingerprint density at radius 3 is 2.71 bits per heavy atom. The highest BCUT2D eigenvalue weighted by Crippen LogP contribution is 2.55. The van der Waals surface area contributed by atoms with E-state index in [1.54, 1.807) is 6.26 Å². The van der Waals surface area contributed by atoms with Crippen molar-refractivity contribution in [1.82, 2.24) is 9.97 Å². The number of fused-ring (bicyclic) bond motifs is 2. The van der Waals surface area contributed by atoms with Crippen LogP contribution in [0.5, 0.6) is 0 Å². The fraction of sp³-hybridized carbons (Fsp3) is 0.688. The number of methoxy groups -OCH3 is 1. The molecule has 130 valence electrons. The van der Waals surface area contributed by atoms with Crippen LogP contribution in [0.15, 0.2) is 5.16 Å². The number of nitrogens with zero attached hydrogens (tertiary/aromatic N) is 3. The number of esters is 1. The molecule has 8 heteroatoms. The number of hydrogen-bond donors (Lipinski definition) is 0. The van der Waals surface area contributed by atoms with E-state index in [1.807, 2.05) is 0 Å². The number of halogens is 2. The third kappa shape index (κ3) is 2.46. The van der Waals surface area contributed by atoms with Crippen LogP contribution in [0.3, 0.4) is 0 Å². The van der Waals surface area contributed by atoms with E-state index >= 15 is 0 Å². The summed E-state index contributed by atoms with van der Waals surface area (Å²) in [6.07, 6.45) is 2.39. The van der Waals surface area contributed by atoms with Crippen LogP contribution in [-0.2, 0) is 21.9 Å². The molecule has 1 aliphatic heterocycles. The Kier molecular flexibility index (Phi) is 3.71. The number of rotatable bonds is 4. The summed E-state index contributed by atoms with van der Waals surface area (Å²) in [6, 6.07) is 0. The van der Waals surface area contributed by atoms with Gasteiger partial charge in [-0.1, -0.05) is 11.8 Å². The summed E-state index contributed by atoms with van der Waals surface area (Å²) in [4.78, 5) is 22.1. The number of piperidine rings is 1. The smallest absolute Gasteiger partial charge is 0.305 e. The fourth-order valence-corrected chi connectivity index (χ4v) is 4.50. The summed E-state index contributed by atoms with van der Waals surface area (Å²) in [5, 5.41) is 0.400. The molecule has 0 unspecified atom stereocenters. The molecule has 1 aromatic heterocycles. The summed E-state index contributed by atoms with van der Waals surface area (Å²) in [7, 11) is 1.40. The minimum Gasteiger partial charge on any atom is -0.469 e. The molecule has 1 aromatic rings. The third-order valence-electron chi connectivity index (χ3n) is 5.48. The average molecular weight is 355 g/mol. The first-order chi connectivity index (χ1) is 11.4. The topological polar surface area (TPSA) is 55.3 Å². The van der Waals surface area contributed by atoms with E-state index in [1.165, 1.54) is 18.9 Å². The van der Waals surface area contributed by atoms with Crippen LogP contribution in [-0.4, -0.2) is 42.4 Å². The lowest BCUT2D eigenvalue weighted by Crippen LogP contribution is -2.27. The zero-order valence-electron chi connectivity index (χ0n) is 13.6. The second-order valence-corrected chi connectivity index (χ2v) is 7.52. The minimum absolute atomic E-state index is 0.0939. The number of thioether (sulfide) groups is 1. The van der Waals surface area contributed by atoms with Crippen LogP contribution in [0.4, 0.5) is 14.6 Å². The molecule has 0 radical (unpaired) electrons. The average Bonchev–Trinajstić information content (AvgIpc) is 2.91. The summed E-state index contributed by atoms with van der Waals surface area (Å²) in [5.41, 5.74) is 0.507. The van der Waals surface area contributed by atoms with Gasteiger partial charge in [-0.05, 0) is 30.4 Å². The Morgan fingerprint density at radius 2 is 2.08 bits per heavy atom. The van der Waals surface area contributed by atoms with Crippen molar-refractivity contribution in [3.05, 3.63) is 11.3 Å². The second-order valence-electron chi connectivity index (χ2n) is 6.74. The van der Waals surface area contributed by atoms with Gasteiger partial charge in [0.1, 0.15) is 11.5 Å². The molecule has 0 N–H and O–H groups in total. The number of carbonyl (C=O) groups is 1. The lowest BCUT2D eigenvalue weighted by Gasteiger charge is -2.24. The van der Waals surface area contributed by atoms with Gasteiger partial charge in [0.05, 0.1) is 7.11 Å². The van der Waals surface area contributed by atoms with Gasteiger partial charge in [-0.3, -0.25) is 4.79 Å². The molecule has 0 aromatic carbocycles. The van der Waals surface area contributed by atoms with Crippen molar-refractivity contribution in [1.29, 1.82) is 0 Å². The monoisotopic (exact) mass is 355 g/mol. The fourth-order valence-electron chi connectivity index (χ4n) is 4.14. The maximum Gasteiger partial charge on any atom is 0.305 e. The minimum atomic E-state index is -2.85. The zero-order chi connectivity index (χ0) is 17.1. The number of ether oxygens (including phenoxy) is 1. The van der Waals surface area contributed by atoms with E-state index in [0.29, 0.717) is 47.1 Å². The van der Waals surface area contributed by atoms with Crippen LogP contribution in [0, 0.1) is 17.8 Å². The maximum absolute atomic E-state index is 14.1. The van der Waals surface area contributed by atoms with Crippen molar-refractivity contribution in [3.63, 3.8) is 0 Å². The molecule has 0 bridgehead atoms. The van der Waals surface area contributed by atoms with Crippen molar-refractivity contribution in [2.24, 2.45) is 17.8 Å². The van der Waals surface area contributed by atoms with E-state index in [-0.39, 0.29) is 18.1 Å². The van der Waals surface area contributed by atoms with Gasteiger partial charge < -0.3 is 9.64 Å². The number of carbonyl (C=O) groups excluding carboxylic acids is 1. The van der Waals surface area contributed by atoms with Gasteiger partial charge in [0, 0.05) is 31.5 Å². The van der Waals surface area contributed by atoms with E-state index in [0.717, 1.165) is 13.1 Å². The standard InChI is InChI=1S/C16H19F2N3O2S/c1-23-12(22)5-9-10-6-21(7-11(9)10)14-8-3-4-16(17,18)13(8)19-15(20-14)24-2/h9-11H,3-7H2,1-2H3/t9-,10+,11-. The largest absolute Gasteiger partial charge is 0.469 e. The van der Waals surface area contributed by atoms with Crippen LogP contribution >= 0.6 is 11.8 Å². The first kappa shape index (κ1) is 16.1. The zero-order valence-corrected chi connectivity index (χ0v) is 14.4. The normalized spacial score (nSPS) is 29.3. The third-order valence-corrected chi connectivity index (χ3v) is 6.03. The van der Waals surface area contributed by atoms with Crippen molar-refractivity contribution >= 4 is 23.5 Å². The van der Waals surface area contributed by atoms with Gasteiger partial charge in [0.2, 0.25) is 0 Å². The molecular weight excluding hydrogens is 336 g/mol. The molecule has 2 aliphatic carbocycles. The Morgan fingerprint density at radius 1 is 1.38 bits per heavy atom. The molecule has 5 nitrogen and oxygen atoms in total. The molecule has 24 heavy (non-hydrogen) atoms. The molecule has 2 fully saturated rings. The summed E-state index contributed by atoms with van der Waals surface area (Å²) in [6.45, 7) is 1.55. The van der Waals surface area contributed by atoms with E-state index in [2.05, 4.69) is 14.9 Å². The lowest BCUT2D eigenvalue weighted by atomic mass is 10.1. The van der Waals surface area contributed by atoms with Crippen molar-refractivity contribution in [2.45, 2.75) is 30.3 Å². The SMILES string of the molecule is COC(=O)C[C@H]1[C@H]2CN(c3nc(SC)nc4c3CCC4(F)F)C[C@@H]12. The number of alkyl halides is 2. The van der Waals surface area contributed by atoms with Gasteiger partial charge in [-0.2, -0.15) is 8.78 Å². The van der Waals surface area contributed by atoms with Gasteiger partial charge in [-0.15, -0.1) is 0 Å². The van der Waals surface area contributed by atoms with E-state index < -0.39 is 5.92 Å². The van der Waals surface area contributed by atoms with E-state index in [4.69, 9.17) is 4.74 Å². The molecule has 1 saturated heterocycles. The second kappa shape index (κ2) is 5.54. The molecule has 3 aliphatic rings. The van der Waals surface area contributed by atoms with Gasteiger partial charge >= 0.3 is 5.97 Å². The van der Waals surface area contributed by atoms with Crippen molar-refractivity contribution in [2.75, 3.05) is 31.4 Å². The first-order valence-corrected chi connectivity index (χ1v) is 9.32. The number of hydrogen-bond acceptors (Lipinski definition) is 6. The van der Waals surface area contributed by atoms with Crippen LogP contribution in [0.1, 0.15) is 24.1 Å². The van der Waals surface area contributed by atoms with Crippen LogP contribution < -0.4 is 4.90 Å². The summed E-state index contributed by atoms with van der Waals surface area (Å²) >= 11 is 1.29. The Bertz CT molecular complexity index is 688.